The van der Waals surface area contributed by atoms with Crippen molar-refractivity contribution in [1.29, 1.82) is 0 Å². The van der Waals surface area contributed by atoms with E-state index in [0.29, 0.717) is 5.56 Å². The number of anilines is 1. The fraction of sp³-hybridized carbons (Fsp3) is 0.222. The highest BCUT2D eigenvalue weighted by atomic mass is 32.2. The van der Waals surface area contributed by atoms with E-state index in [1.165, 1.54) is 13.0 Å². The van der Waals surface area contributed by atoms with Gasteiger partial charge in [0.15, 0.2) is 5.82 Å². The van der Waals surface area contributed by atoms with E-state index in [2.05, 4.69) is 0 Å². The summed E-state index contributed by atoms with van der Waals surface area (Å²) in [6.07, 6.45) is -0.278. The first kappa shape index (κ1) is 18.8. The zero-order chi connectivity index (χ0) is 19.9. The summed E-state index contributed by atoms with van der Waals surface area (Å²) in [5.41, 5.74) is 0.349. The van der Waals surface area contributed by atoms with Crippen molar-refractivity contribution in [3.63, 3.8) is 0 Å². The maximum absolute atomic E-state index is 14.7. The van der Waals surface area contributed by atoms with Gasteiger partial charge in [0, 0.05) is 12.5 Å². The van der Waals surface area contributed by atoms with E-state index in [9.17, 15) is 22.4 Å². The van der Waals surface area contributed by atoms with E-state index < -0.39 is 44.2 Å². The summed E-state index contributed by atoms with van der Waals surface area (Å²) in [4.78, 5) is 21.6. The Kier molecular flexibility index (Phi) is 4.64. The number of carbonyl (C=O) groups is 2. The van der Waals surface area contributed by atoms with E-state index in [1.54, 1.807) is 18.2 Å². The van der Waals surface area contributed by atoms with Crippen LogP contribution in [0.15, 0.2) is 41.3 Å². The second-order valence-electron chi connectivity index (χ2n) is 6.32. The molecule has 1 heterocycles. The van der Waals surface area contributed by atoms with Gasteiger partial charge in [-0.15, -0.1) is 0 Å². The number of benzene rings is 2. The van der Waals surface area contributed by atoms with Crippen LogP contribution in [-0.4, -0.2) is 37.1 Å². The molecule has 142 valence electrons. The molecule has 0 spiro atoms. The van der Waals surface area contributed by atoms with E-state index in [-0.39, 0.29) is 24.2 Å². The van der Waals surface area contributed by atoms with Gasteiger partial charge in [-0.3, -0.25) is 9.10 Å². The van der Waals surface area contributed by atoms with Crippen LogP contribution in [0.1, 0.15) is 33.8 Å². The molecule has 0 fully saturated rings. The molecule has 0 saturated carbocycles. The number of para-hydroxylation sites is 1. The van der Waals surface area contributed by atoms with Crippen molar-refractivity contribution in [1.82, 2.24) is 0 Å². The van der Waals surface area contributed by atoms with Gasteiger partial charge in [0.2, 0.25) is 0 Å². The predicted octanol–water partition coefficient (Wildman–Crippen LogP) is 2.60. The molecule has 0 amide bonds. The average Bonchev–Trinajstić information content (AvgIpc) is 2.95. The van der Waals surface area contributed by atoms with Crippen LogP contribution in [0.4, 0.5) is 10.1 Å². The molecule has 2 N–H and O–H groups in total. The summed E-state index contributed by atoms with van der Waals surface area (Å²) in [5.74, 6) is -4.57. The Bertz CT molecular complexity index is 1050. The third-order valence-corrected chi connectivity index (χ3v) is 6.21. The van der Waals surface area contributed by atoms with Crippen LogP contribution >= 0.6 is 0 Å². The van der Waals surface area contributed by atoms with Gasteiger partial charge < -0.3 is 10.2 Å². The Morgan fingerprint density at radius 3 is 2.52 bits per heavy atom. The number of fused-ring (bicyclic) bond motifs is 1. The van der Waals surface area contributed by atoms with E-state index >= 15 is 0 Å². The summed E-state index contributed by atoms with van der Waals surface area (Å²) in [6.45, 7) is 1.31. The van der Waals surface area contributed by atoms with E-state index in [1.807, 2.05) is 0 Å². The van der Waals surface area contributed by atoms with Crippen molar-refractivity contribution in [2.45, 2.75) is 24.2 Å². The van der Waals surface area contributed by atoms with Gasteiger partial charge >= 0.3 is 11.9 Å². The second kappa shape index (κ2) is 6.66. The number of aromatic carboxylic acids is 1. The standard InChI is InChI=1S/C18H16FNO6S/c1-10-6-13(18(23)24)17(19)15(7-10)27(25,26)20-9-11(8-16(21)22)12-4-2-3-5-14(12)20/h2-7,11H,8-9H2,1H3,(H,21,22)(H,23,24). The third-order valence-electron chi connectivity index (χ3n) is 4.43. The molecule has 7 nitrogen and oxygen atoms in total. The lowest BCUT2D eigenvalue weighted by Crippen LogP contribution is -2.31. The lowest BCUT2D eigenvalue weighted by atomic mass is 9.98. The van der Waals surface area contributed by atoms with Gasteiger partial charge in [0.1, 0.15) is 4.90 Å². The molecular weight excluding hydrogens is 377 g/mol. The summed E-state index contributed by atoms with van der Waals surface area (Å²) in [6, 6.07) is 8.54. The number of aryl methyl sites for hydroxylation is 1. The highest BCUT2D eigenvalue weighted by Gasteiger charge is 2.39. The van der Waals surface area contributed by atoms with E-state index in [0.717, 1.165) is 16.4 Å². The maximum atomic E-state index is 14.7. The molecule has 2 aromatic carbocycles. The van der Waals surface area contributed by atoms with Gasteiger partial charge in [-0.25, -0.2) is 17.6 Å². The quantitative estimate of drug-likeness (QED) is 0.808. The minimum atomic E-state index is -4.43. The van der Waals surface area contributed by atoms with Crippen LogP contribution in [0, 0.1) is 12.7 Å². The van der Waals surface area contributed by atoms with Gasteiger partial charge in [-0.2, -0.15) is 0 Å². The first-order valence-electron chi connectivity index (χ1n) is 8.00. The fourth-order valence-corrected chi connectivity index (χ4v) is 4.98. The number of rotatable bonds is 5. The molecule has 1 aliphatic rings. The summed E-state index contributed by atoms with van der Waals surface area (Å²) in [7, 11) is -4.43. The molecule has 1 unspecified atom stereocenters. The first-order valence-corrected chi connectivity index (χ1v) is 9.44. The monoisotopic (exact) mass is 393 g/mol. The van der Waals surface area contributed by atoms with Gasteiger partial charge in [0.25, 0.3) is 10.0 Å². The molecule has 0 saturated heterocycles. The van der Waals surface area contributed by atoms with Crippen molar-refractivity contribution in [2.24, 2.45) is 0 Å². The average molecular weight is 393 g/mol. The molecule has 0 bridgehead atoms. The number of halogens is 1. The lowest BCUT2D eigenvalue weighted by molar-refractivity contribution is -0.137. The van der Waals surface area contributed by atoms with Crippen molar-refractivity contribution in [3.05, 3.63) is 58.9 Å². The molecular formula is C18H16FNO6S. The van der Waals surface area contributed by atoms with Crippen LogP contribution in [0.5, 0.6) is 0 Å². The summed E-state index contributed by atoms with van der Waals surface area (Å²) in [5, 5.41) is 18.2. The van der Waals surface area contributed by atoms with Crippen molar-refractivity contribution in [3.8, 4) is 0 Å². The van der Waals surface area contributed by atoms with Crippen molar-refractivity contribution >= 4 is 27.6 Å². The van der Waals surface area contributed by atoms with Crippen LogP contribution in [-0.2, 0) is 14.8 Å². The first-order chi connectivity index (χ1) is 12.6. The number of hydrogen-bond donors (Lipinski definition) is 2. The Hall–Kier alpha value is -2.94. The maximum Gasteiger partial charge on any atom is 0.338 e. The minimum Gasteiger partial charge on any atom is -0.481 e. The zero-order valence-corrected chi connectivity index (χ0v) is 15.0. The Morgan fingerprint density at radius 1 is 1.22 bits per heavy atom. The van der Waals surface area contributed by atoms with Crippen LogP contribution in [0.3, 0.4) is 0 Å². The minimum absolute atomic E-state index is 0.163. The number of sulfonamides is 1. The molecule has 0 aliphatic carbocycles. The molecule has 2 aromatic rings. The molecule has 1 aliphatic heterocycles. The number of carboxylic acids is 2. The highest BCUT2D eigenvalue weighted by molar-refractivity contribution is 7.92. The Balaban J connectivity index is 2.14. The van der Waals surface area contributed by atoms with Gasteiger partial charge in [0.05, 0.1) is 17.7 Å². The molecule has 1 atom stereocenters. The highest BCUT2D eigenvalue weighted by Crippen LogP contribution is 2.41. The topological polar surface area (TPSA) is 112 Å². The van der Waals surface area contributed by atoms with Crippen LogP contribution in [0.25, 0.3) is 0 Å². The summed E-state index contributed by atoms with van der Waals surface area (Å²) < 4.78 is 41.8. The molecule has 0 aromatic heterocycles. The van der Waals surface area contributed by atoms with Crippen molar-refractivity contribution < 1.29 is 32.6 Å². The number of nitrogens with zero attached hydrogens (tertiary/aromatic N) is 1. The van der Waals surface area contributed by atoms with Gasteiger partial charge in [-0.05, 0) is 36.2 Å². The molecule has 27 heavy (non-hydrogen) atoms. The Labute approximate surface area is 154 Å². The molecule has 0 radical (unpaired) electrons. The predicted molar refractivity (Wildman–Crippen MR) is 94.1 cm³/mol. The second-order valence-corrected chi connectivity index (χ2v) is 8.15. The van der Waals surface area contributed by atoms with Crippen LogP contribution < -0.4 is 4.31 Å². The molecule has 3 rings (SSSR count). The van der Waals surface area contributed by atoms with E-state index in [4.69, 9.17) is 10.2 Å². The largest absolute Gasteiger partial charge is 0.481 e. The number of carboxylic acid groups (broad SMARTS) is 2. The molecule has 9 heteroatoms. The van der Waals surface area contributed by atoms with Crippen molar-refractivity contribution in [2.75, 3.05) is 10.8 Å². The zero-order valence-electron chi connectivity index (χ0n) is 14.2. The number of hydrogen-bond acceptors (Lipinski definition) is 4. The Morgan fingerprint density at radius 2 is 1.89 bits per heavy atom. The SMILES string of the molecule is Cc1cc(C(=O)O)c(F)c(S(=O)(=O)N2CC(CC(=O)O)c3ccccc32)c1. The normalized spacial score (nSPS) is 16.2. The fourth-order valence-electron chi connectivity index (χ4n) is 3.27. The van der Waals surface area contributed by atoms with Crippen LogP contribution in [0.2, 0.25) is 0 Å². The number of aliphatic carboxylic acids is 1. The third kappa shape index (κ3) is 3.25. The summed E-state index contributed by atoms with van der Waals surface area (Å²) >= 11 is 0. The lowest BCUT2D eigenvalue weighted by Gasteiger charge is -2.21. The van der Waals surface area contributed by atoms with Gasteiger partial charge in [-0.1, -0.05) is 18.2 Å². The smallest absolute Gasteiger partial charge is 0.338 e.